The molecule has 3 aromatic carbocycles. The van der Waals surface area contributed by atoms with Crippen LogP contribution in [0.1, 0.15) is 0 Å². The number of nitrogen functional groups attached to an aromatic ring is 1. The summed E-state index contributed by atoms with van der Waals surface area (Å²) in [6.45, 7) is 0. The van der Waals surface area contributed by atoms with Gasteiger partial charge in [-0.25, -0.2) is 0 Å². The smallest absolute Gasteiger partial charge is 0.313 e. The van der Waals surface area contributed by atoms with Gasteiger partial charge in [-0.1, -0.05) is 17.7 Å². The lowest BCUT2D eigenvalue weighted by atomic mass is 10.1. The molecule has 0 saturated heterocycles. The number of benzene rings is 3. The Morgan fingerprint density at radius 2 is 1.59 bits per heavy atom. The Balaban J connectivity index is 1.81. The molecule has 4 aromatic rings. The zero-order chi connectivity index (χ0) is 27.1. The highest BCUT2D eigenvalue weighted by atomic mass is 35.5. The highest BCUT2D eigenvalue weighted by molar-refractivity contribution is 7.86. The van der Waals surface area contributed by atoms with Gasteiger partial charge in [0.15, 0.2) is 5.82 Å². The number of fused-ring (bicyclic) bond motifs is 1. The molecule has 1 aromatic heterocycles. The van der Waals surface area contributed by atoms with E-state index in [0.29, 0.717) is 16.5 Å². The van der Waals surface area contributed by atoms with E-state index in [4.69, 9.17) is 17.3 Å². The number of hydrogen-bond donors (Lipinski definition) is 4. The summed E-state index contributed by atoms with van der Waals surface area (Å²) >= 11 is 5.70. The Hall–Kier alpha value is -3.83. The lowest BCUT2D eigenvalue weighted by molar-refractivity contribution is 0.481. The van der Waals surface area contributed by atoms with Crippen LogP contribution in [-0.4, -0.2) is 35.9 Å². The van der Waals surface area contributed by atoms with Crippen LogP contribution >= 0.6 is 11.6 Å². The molecule has 0 unspecified atom stereocenters. The molecular weight excluding hydrogens is 558 g/mol. The minimum Gasteiger partial charge on any atom is -0.399 e. The molecule has 0 aliphatic rings. The SMILES string of the molecule is Nc1ccc2cc(S(=O)(=O)O)cc(N=Nc3ccc(Nc4nc(F)nc(F)c4Cl)cc3S(=O)(=O)O)c2c1. The predicted octanol–water partition coefficient (Wildman–Crippen LogP) is 4.80. The lowest BCUT2D eigenvalue weighted by Crippen LogP contribution is -2.04. The van der Waals surface area contributed by atoms with Gasteiger partial charge in [0.05, 0.1) is 10.6 Å². The Kier molecular flexibility index (Phi) is 6.78. The second-order valence-corrected chi connectivity index (χ2v) is 10.5. The van der Waals surface area contributed by atoms with Crippen LogP contribution in [0, 0.1) is 12.0 Å². The lowest BCUT2D eigenvalue weighted by Gasteiger charge is -2.10. The molecule has 0 aliphatic carbocycles. The fourth-order valence-electron chi connectivity index (χ4n) is 3.16. The molecule has 12 nitrogen and oxygen atoms in total. The molecule has 0 amide bonds. The fraction of sp³-hybridized carbons (Fsp3) is 0. The Labute approximate surface area is 212 Å². The first kappa shape index (κ1) is 26.2. The van der Waals surface area contributed by atoms with Gasteiger partial charge in [0.2, 0.25) is 5.95 Å². The van der Waals surface area contributed by atoms with E-state index in [1.807, 2.05) is 0 Å². The van der Waals surface area contributed by atoms with E-state index in [1.165, 1.54) is 30.3 Å². The number of nitrogens with zero attached hydrogens (tertiary/aromatic N) is 4. The molecule has 1 heterocycles. The molecule has 37 heavy (non-hydrogen) atoms. The van der Waals surface area contributed by atoms with Crippen molar-refractivity contribution in [3.05, 3.63) is 65.6 Å². The largest absolute Gasteiger partial charge is 0.399 e. The predicted molar refractivity (Wildman–Crippen MR) is 129 cm³/mol. The van der Waals surface area contributed by atoms with Crippen LogP contribution in [0.15, 0.2) is 68.6 Å². The van der Waals surface area contributed by atoms with Crippen LogP contribution in [0.5, 0.6) is 0 Å². The van der Waals surface area contributed by atoms with Gasteiger partial charge in [-0.2, -0.15) is 35.6 Å². The standard InChI is InChI=1S/C20H13ClF2N6O6S2/c21-17-18(22)26-20(23)27-19(17)25-11-3-4-14(16(7-11)37(33,34)35)28-29-15-8-12(36(30,31)32)5-9-1-2-10(24)6-13(9)15/h1-8H,24H2,(H,25,26,27)(H,30,31,32)(H,33,34,35). The molecule has 0 fully saturated rings. The molecule has 0 bridgehead atoms. The fourth-order valence-corrected chi connectivity index (χ4v) is 4.48. The number of azo groups is 1. The third-order valence-electron chi connectivity index (χ3n) is 4.78. The number of nitrogens with two attached hydrogens (primary N) is 1. The highest BCUT2D eigenvalue weighted by Crippen LogP contribution is 2.35. The van der Waals surface area contributed by atoms with Crippen molar-refractivity contribution in [2.45, 2.75) is 9.79 Å². The first-order valence-electron chi connectivity index (χ1n) is 9.72. The summed E-state index contributed by atoms with van der Waals surface area (Å²) in [6, 6.07) is 9.75. The molecule has 0 radical (unpaired) electrons. The maximum Gasteiger partial charge on any atom is 0.313 e. The van der Waals surface area contributed by atoms with E-state index >= 15 is 0 Å². The van der Waals surface area contributed by atoms with E-state index < -0.39 is 58.6 Å². The molecular formula is C20H13ClF2N6O6S2. The van der Waals surface area contributed by atoms with Crippen molar-refractivity contribution >= 4 is 71.2 Å². The van der Waals surface area contributed by atoms with Crippen LogP contribution in [-0.2, 0) is 20.2 Å². The molecule has 0 saturated carbocycles. The Morgan fingerprint density at radius 3 is 2.27 bits per heavy atom. The minimum atomic E-state index is -4.92. The van der Waals surface area contributed by atoms with Crippen LogP contribution < -0.4 is 11.1 Å². The van der Waals surface area contributed by atoms with Crippen LogP contribution in [0.4, 0.5) is 37.3 Å². The average Bonchev–Trinajstić information content (AvgIpc) is 2.79. The van der Waals surface area contributed by atoms with E-state index in [-0.39, 0.29) is 11.4 Å². The van der Waals surface area contributed by atoms with Crippen LogP contribution in [0.25, 0.3) is 10.8 Å². The van der Waals surface area contributed by atoms with Crippen molar-refractivity contribution in [1.29, 1.82) is 0 Å². The van der Waals surface area contributed by atoms with Crippen LogP contribution in [0.2, 0.25) is 5.02 Å². The number of rotatable bonds is 6. The van der Waals surface area contributed by atoms with Gasteiger partial charge < -0.3 is 11.1 Å². The summed E-state index contributed by atoms with van der Waals surface area (Å²) < 4.78 is 93.5. The number of halogens is 3. The van der Waals surface area contributed by atoms with Crippen molar-refractivity contribution in [3.8, 4) is 0 Å². The normalized spacial score (nSPS) is 12.4. The second kappa shape index (κ2) is 9.56. The first-order chi connectivity index (χ1) is 17.2. The average molecular weight is 571 g/mol. The first-order valence-corrected chi connectivity index (χ1v) is 13.0. The van der Waals surface area contributed by atoms with Gasteiger partial charge in [0.1, 0.15) is 15.6 Å². The van der Waals surface area contributed by atoms with E-state index in [0.717, 1.165) is 18.2 Å². The third-order valence-corrected chi connectivity index (χ3v) is 6.83. The van der Waals surface area contributed by atoms with Gasteiger partial charge in [0.25, 0.3) is 20.2 Å². The summed E-state index contributed by atoms with van der Waals surface area (Å²) in [4.78, 5) is 4.81. The number of hydrogen-bond acceptors (Lipinski definition) is 10. The van der Waals surface area contributed by atoms with E-state index in [9.17, 15) is 34.7 Å². The number of aromatic nitrogens is 2. The molecule has 17 heteroatoms. The summed E-state index contributed by atoms with van der Waals surface area (Å²) in [6.07, 6.45) is -1.44. The van der Waals surface area contributed by atoms with Gasteiger partial charge in [-0.3, -0.25) is 9.11 Å². The third kappa shape index (κ3) is 5.78. The topological polar surface area (TPSA) is 197 Å². The van der Waals surface area contributed by atoms with Crippen molar-refractivity contribution in [3.63, 3.8) is 0 Å². The highest BCUT2D eigenvalue weighted by Gasteiger charge is 2.19. The quantitative estimate of drug-likeness (QED) is 0.0821. The summed E-state index contributed by atoms with van der Waals surface area (Å²) in [5.41, 5.74) is 5.48. The summed E-state index contributed by atoms with van der Waals surface area (Å²) in [5, 5.41) is 10.1. The van der Waals surface area contributed by atoms with Gasteiger partial charge in [-0.15, -0.1) is 10.2 Å². The summed E-state index contributed by atoms with van der Waals surface area (Å²) in [7, 11) is -9.56. The Morgan fingerprint density at radius 1 is 0.892 bits per heavy atom. The Bertz CT molecular complexity index is 1820. The molecule has 5 N–H and O–H groups in total. The van der Waals surface area contributed by atoms with Crippen molar-refractivity contribution in [1.82, 2.24) is 9.97 Å². The van der Waals surface area contributed by atoms with E-state index in [1.54, 1.807) is 0 Å². The number of anilines is 3. The number of nitrogens with one attached hydrogen (secondary N) is 1. The summed E-state index contributed by atoms with van der Waals surface area (Å²) in [5.74, 6) is -1.88. The maximum atomic E-state index is 13.6. The van der Waals surface area contributed by atoms with Crippen LogP contribution in [0.3, 0.4) is 0 Å². The maximum absolute atomic E-state index is 13.6. The zero-order valence-corrected chi connectivity index (χ0v) is 20.4. The van der Waals surface area contributed by atoms with Gasteiger partial charge in [0, 0.05) is 16.8 Å². The molecule has 0 spiro atoms. The van der Waals surface area contributed by atoms with Crippen molar-refractivity contribution < 1.29 is 34.7 Å². The van der Waals surface area contributed by atoms with E-state index in [2.05, 4.69) is 25.5 Å². The monoisotopic (exact) mass is 570 g/mol. The van der Waals surface area contributed by atoms with Gasteiger partial charge in [-0.05, 0) is 47.9 Å². The molecule has 4 rings (SSSR count). The molecule has 0 atom stereocenters. The zero-order valence-electron chi connectivity index (χ0n) is 18.0. The van der Waals surface area contributed by atoms with Crippen molar-refractivity contribution in [2.24, 2.45) is 10.2 Å². The second-order valence-electron chi connectivity index (χ2n) is 7.33. The minimum absolute atomic E-state index is 0.0976. The van der Waals surface area contributed by atoms with Crippen molar-refractivity contribution in [2.75, 3.05) is 11.1 Å². The molecule has 192 valence electrons. The molecule has 0 aliphatic heterocycles. The van der Waals surface area contributed by atoms with Gasteiger partial charge >= 0.3 is 6.08 Å².